The summed E-state index contributed by atoms with van der Waals surface area (Å²) >= 11 is 0. The van der Waals surface area contributed by atoms with Crippen LogP contribution in [0.4, 0.5) is 0 Å². The second-order valence-corrected chi connectivity index (χ2v) is 3.77. The van der Waals surface area contributed by atoms with Crippen molar-refractivity contribution < 1.29 is 19.4 Å². The molecule has 16 heavy (non-hydrogen) atoms. The average molecular weight is 227 g/mol. The third-order valence-corrected chi connectivity index (χ3v) is 2.41. The molecule has 1 amide bonds. The molecule has 0 saturated heterocycles. The smallest absolute Gasteiger partial charge is 0.326 e. The van der Waals surface area contributed by atoms with Gasteiger partial charge in [-0.05, 0) is 19.3 Å². The maximum atomic E-state index is 11.7. The molecule has 1 atom stereocenters. The van der Waals surface area contributed by atoms with E-state index in [1.165, 1.54) is 6.26 Å². The molecule has 90 valence electrons. The molecule has 1 heterocycles. The quantitative estimate of drug-likeness (QED) is 0.736. The van der Waals surface area contributed by atoms with Crippen LogP contribution in [0.5, 0.6) is 0 Å². The van der Waals surface area contributed by atoms with Gasteiger partial charge in [-0.1, -0.05) is 13.3 Å². The second kappa shape index (κ2) is 6.15. The van der Waals surface area contributed by atoms with E-state index in [9.17, 15) is 9.59 Å². The predicted molar refractivity (Wildman–Crippen MR) is 57.7 cm³/mol. The van der Waals surface area contributed by atoms with Gasteiger partial charge < -0.3 is 15.2 Å². The molecule has 0 aromatic rings. The van der Waals surface area contributed by atoms with E-state index in [4.69, 9.17) is 9.84 Å². The number of amides is 1. The fraction of sp³-hybridized carbons (Fsp3) is 0.636. The summed E-state index contributed by atoms with van der Waals surface area (Å²) in [4.78, 5) is 22.5. The monoisotopic (exact) mass is 227 g/mol. The van der Waals surface area contributed by atoms with E-state index in [1.807, 2.05) is 6.92 Å². The summed E-state index contributed by atoms with van der Waals surface area (Å²) in [6.07, 6.45) is 4.01. The minimum absolute atomic E-state index is 0.333. The van der Waals surface area contributed by atoms with Gasteiger partial charge in [0.15, 0.2) is 0 Å². The van der Waals surface area contributed by atoms with Gasteiger partial charge in [0, 0.05) is 0 Å². The third kappa shape index (κ3) is 3.56. The Labute approximate surface area is 94.5 Å². The van der Waals surface area contributed by atoms with E-state index in [0.717, 1.165) is 6.42 Å². The summed E-state index contributed by atoms with van der Waals surface area (Å²) in [7, 11) is 0. The van der Waals surface area contributed by atoms with Crippen molar-refractivity contribution in [3.8, 4) is 0 Å². The van der Waals surface area contributed by atoms with E-state index in [0.29, 0.717) is 31.4 Å². The lowest BCUT2D eigenvalue weighted by molar-refractivity contribution is -0.141. The number of carboxylic acid groups (broad SMARTS) is 1. The van der Waals surface area contributed by atoms with Crippen molar-refractivity contribution in [1.29, 1.82) is 0 Å². The van der Waals surface area contributed by atoms with Gasteiger partial charge in [0.05, 0.1) is 18.4 Å². The van der Waals surface area contributed by atoms with Gasteiger partial charge in [-0.25, -0.2) is 4.79 Å². The van der Waals surface area contributed by atoms with Gasteiger partial charge in [-0.15, -0.1) is 0 Å². The Bertz CT molecular complexity index is 298. The van der Waals surface area contributed by atoms with Gasteiger partial charge in [0.25, 0.3) is 5.91 Å². The van der Waals surface area contributed by atoms with Crippen LogP contribution in [-0.2, 0) is 14.3 Å². The first-order valence-corrected chi connectivity index (χ1v) is 5.49. The molecule has 0 aromatic heterocycles. The summed E-state index contributed by atoms with van der Waals surface area (Å²) in [5.41, 5.74) is 0.522. The molecule has 0 aliphatic carbocycles. The average Bonchev–Trinajstić information content (AvgIpc) is 2.29. The first-order chi connectivity index (χ1) is 7.65. The van der Waals surface area contributed by atoms with Crippen molar-refractivity contribution in [2.24, 2.45) is 0 Å². The van der Waals surface area contributed by atoms with Crippen LogP contribution in [0.1, 0.15) is 32.6 Å². The normalized spacial score (nSPS) is 16.9. The summed E-state index contributed by atoms with van der Waals surface area (Å²) in [6.45, 7) is 2.50. The van der Waals surface area contributed by atoms with E-state index < -0.39 is 12.0 Å². The molecule has 0 fully saturated rings. The number of rotatable bonds is 5. The molecule has 5 heteroatoms. The number of nitrogens with one attached hydrogen (secondary N) is 1. The molecule has 0 saturated carbocycles. The van der Waals surface area contributed by atoms with Crippen LogP contribution in [0.15, 0.2) is 11.8 Å². The highest BCUT2D eigenvalue weighted by Crippen LogP contribution is 2.12. The zero-order chi connectivity index (χ0) is 12.0. The number of aliphatic carboxylic acids is 1. The molecule has 1 unspecified atom stereocenters. The zero-order valence-electron chi connectivity index (χ0n) is 9.36. The lowest BCUT2D eigenvalue weighted by atomic mass is 10.1. The number of carboxylic acids is 1. The van der Waals surface area contributed by atoms with Gasteiger partial charge in [0.1, 0.15) is 6.04 Å². The molecule has 0 radical (unpaired) electrons. The highest BCUT2D eigenvalue weighted by Gasteiger charge is 2.21. The van der Waals surface area contributed by atoms with Gasteiger partial charge in [-0.2, -0.15) is 0 Å². The minimum Gasteiger partial charge on any atom is -0.501 e. The summed E-state index contributed by atoms with van der Waals surface area (Å²) in [6, 6.07) is -0.805. The van der Waals surface area contributed by atoms with E-state index >= 15 is 0 Å². The van der Waals surface area contributed by atoms with Crippen molar-refractivity contribution in [1.82, 2.24) is 5.32 Å². The second-order valence-electron chi connectivity index (χ2n) is 3.77. The Morgan fingerprint density at radius 2 is 2.38 bits per heavy atom. The first kappa shape index (κ1) is 12.5. The van der Waals surface area contributed by atoms with E-state index in [1.54, 1.807) is 0 Å². The SMILES string of the molecule is CCCC(NC(=O)C1=COCCC1)C(=O)O. The maximum Gasteiger partial charge on any atom is 0.326 e. The predicted octanol–water partition coefficient (Wildman–Crippen LogP) is 1.05. The lowest BCUT2D eigenvalue weighted by Crippen LogP contribution is -2.41. The number of carbonyl (C=O) groups excluding carboxylic acids is 1. The maximum absolute atomic E-state index is 11.7. The molecule has 2 N–H and O–H groups in total. The van der Waals surface area contributed by atoms with Crippen LogP contribution in [0.2, 0.25) is 0 Å². The molecule has 1 aliphatic heterocycles. The number of carbonyl (C=O) groups is 2. The van der Waals surface area contributed by atoms with Crippen LogP contribution in [-0.4, -0.2) is 29.6 Å². The standard InChI is InChI=1S/C11H17NO4/c1-2-4-9(11(14)15)12-10(13)8-5-3-6-16-7-8/h7,9H,2-6H2,1H3,(H,12,13)(H,14,15). The number of hydrogen-bond acceptors (Lipinski definition) is 3. The third-order valence-electron chi connectivity index (χ3n) is 2.41. The number of hydrogen-bond donors (Lipinski definition) is 2. The Morgan fingerprint density at radius 3 is 2.88 bits per heavy atom. The molecule has 0 spiro atoms. The first-order valence-electron chi connectivity index (χ1n) is 5.49. The largest absolute Gasteiger partial charge is 0.501 e. The summed E-state index contributed by atoms with van der Waals surface area (Å²) < 4.78 is 5.03. The molecule has 1 rings (SSSR count). The van der Waals surface area contributed by atoms with Crippen LogP contribution in [0.3, 0.4) is 0 Å². The Hall–Kier alpha value is -1.52. The molecular weight excluding hydrogens is 210 g/mol. The summed E-state index contributed by atoms with van der Waals surface area (Å²) in [5.74, 6) is -1.33. The highest BCUT2D eigenvalue weighted by atomic mass is 16.5. The summed E-state index contributed by atoms with van der Waals surface area (Å²) in [5, 5.41) is 11.4. The van der Waals surface area contributed by atoms with Gasteiger partial charge in [-0.3, -0.25) is 4.79 Å². The van der Waals surface area contributed by atoms with E-state index in [-0.39, 0.29) is 5.91 Å². The minimum atomic E-state index is -0.993. The van der Waals surface area contributed by atoms with Crippen LogP contribution < -0.4 is 5.32 Å². The van der Waals surface area contributed by atoms with Crippen molar-refractivity contribution in [3.05, 3.63) is 11.8 Å². The molecule has 0 bridgehead atoms. The van der Waals surface area contributed by atoms with Crippen molar-refractivity contribution >= 4 is 11.9 Å². The highest BCUT2D eigenvalue weighted by molar-refractivity contribution is 5.95. The molecule has 5 nitrogen and oxygen atoms in total. The Morgan fingerprint density at radius 1 is 1.62 bits per heavy atom. The fourth-order valence-electron chi connectivity index (χ4n) is 1.53. The van der Waals surface area contributed by atoms with Crippen molar-refractivity contribution in [3.63, 3.8) is 0 Å². The Balaban J connectivity index is 2.53. The number of ether oxygens (including phenoxy) is 1. The van der Waals surface area contributed by atoms with Crippen LogP contribution in [0, 0.1) is 0 Å². The van der Waals surface area contributed by atoms with E-state index in [2.05, 4.69) is 5.32 Å². The van der Waals surface area contributed by atoms with Crippen molar-refractivity contribution in [2.45, 2.75) is 38.6 Å². The molecular formula is C11H17NO4. The molecule has 1 aliphatic rings. The zero-order valence-corrected chi connectivity index (χ0v) is 9.36. The topological polar surface area (TPSA) is 75.6 Å². The van der Waals surface area contributed by atoms with Gasteiger partial charge >= 0.3 is 5.97 Å². The molecule has 0 aromatic carbocycles. The van der Waals surface area contributed by atoms with Crippen molar-refractivity contribution in [2.75, 3.05) is 6.61 Å². The Kier molecular flexibility index (Phi) is 4.82. The van der Waals surface area contributed by atoms with Crippen LogP contribution >= 0.6 is 0 Å². The van der Waals surface area contributed by atoms with Gasteiger partial charge in [0.2, 0.25) is 0 Å². The lowest BCUT2D eigenvalue weighted by Gasteiger charge is -2.17. The van der Waals surface area contributed by atoms with Crippen LogP contribution in [0.25, 0.3) is 0 Å². The fourth-order valence-corrected chi connectivity index (χ4v) is 1.53.